The van der Waals surface area contributed by atoms with Crippen molar-refractivity contribution >= 4 is 28.6 Å². The lowest BCUT2D eigenvalue weighted by molar-refractivity contribution is -0.146. The molecule has 208 valence electrons. The van der Waals surface area contributed by atoms with Crippen molar-refractivity contribution in [3.63, 3.8) is 0 Å². The van der Waals surface area contributed by atoms with Crippen LogP contribution in [0.2, 0.25) is 0 Å². The Balaban J connectivity index is 1.57. The van der Waals surface area contributed by atoms with Gasteiger partial charge in [0.1, 0.15) is 24.1 Å². The Labute approximate surface area is 223 Å². The molecule has 7 N–H and O–H groups in total. The van der Waals surface area contributed by atoms with Gasteiger partial charge in [0.15, 0.2) is 5.96 Å². The van der Waals surface area contributed by atoms with Crippen LogP contribution in [-0.2, 0) is 15.7 Å². The van der Waals surface area contributed by atoms with E-state index >= 15 is 0 Å². The fourth-order valence-electron chi connectivity index (χ4n) is 3.62. The molecule has 0 radical (unpaired) electrons. The lowest BCUT2D eigenvalue weighted by Gasteiger charge is -2.17. The number of hydrogen-bond acceptors (Lipinski definition) is 6. The van der Waals surface area contributed by atoms with Crippen LogP contribution in [0.15, 0.2) is 65.7 Å². The van der Waals surface area contributed by atoms with E-state index in [1.807, 2.05) is 0 Å². The quantitative estimate of drug-likeness (QED) is 0.124. The molecule has 0 aliphatic carbocycles. The number of nitrogens with one attached hydrogen (secondary N) is 1. The third kappa shape index (κ3) is 8.60. The third-order valence-corrected chi connectivity index (χ3v) is 5.64. The number of guanidine groups is 1. The molecule has 0 bridgehead atoms. The van der Waals surface area contributed by atoms with Gasteiger partial charge in [-0.25, -0.2) is 0 Å². The van der Waals surface area contributed by atoms with Crippen molar-refractivity contribution in [2.75, 3.05) is 13.2 Å². The van der Waals surface area contributed by atoms with Crippen LogP contribution >= 0.6 is 0 Å². The summed E-state index contributed by atoms with van der Waals surface area (Å²) in [5, 5.41) is 4.13. The summed E-state index contributed by atoms with van der Waals surface area (Å²) in [5.74, 6) is -0.333. The van der Waals surface area contributed by atoms with Gasteiger partial charge < -0.3 is 32.0 Å². The van der Waals surface area contributed by atoms with Gasteiger partial charge >= 0.3 is 12.1 Å². The Bertz CT molecular complexity index is 1330. The molecule has 0 heterocycles. The van der Waals surface area contributed by atoms with Crippen molar-refractivity contribution in [2.45, 2.75) is 38.0 Å². The number of ether oxygens (including phenoxy) is 2. The van der Waals surface area contributed by atoms with Crippen molar-refractivity contribution in [3.05, 3.63) is 71.8 Å². The Morgan fingerprint density at radius 3 is 2.44 bits per heavy atom. The molecule has 0 aliphatic heterocycles. The van der Waals surface area contributed by atoms with Gasteiger partial charge in [-0.2, -0.15) is 13.2 Å². The summed E-state index contributed by atoms with van der Waals surface area (Å²) in [6.45, 7) is 1.97. The molecule has 39 heavy (non-hydrogen) atoms. The summed E-state index contributed by atoms with van der Waals surface area (Å²) in [5.41, 5.74) is 15.9. The second-order valence-electron chi connectivity index (χ2n) is 8.88. The number of amides is 1. The summed E-state index contributed by atoms with van der Waals surface area (Å²) < 4.78 is 49.4. The first-order valence-electron chi connectivity index (χ1n) is 12.1. The number of alkyl halides is 3. The standard InChI is InChI=1S/C27H30F3N5O4/c1-16(15-38-25(37)22(31)5-3-13-34-26(32)33)35-24(36)18-7-12-21-17(14-18)4-2-6-23(21)39-20-10-8-19(9-11-20)27(28,29)30/h2,4,6-12,14,16,22H,3,5,13,15,31H2,1H3,(H,35,36)(H4,32,33,34)/t16-,22+/m1/s1. The van der Waals surface area contributed by atoms with E-state index in [1.165, 1.54) is 12.1 Å². The number of rotatable bonds is 11. The van der Waals surface area contributed by atoms with E-state index in [1.54, 1.807) is 43.3 Å². The number of esters is 1. The average molecular weight is 546 g/mol. The Kier molecular flexibility index (Phi) is 9.72. The molecule has 0 unspecified atom stereocenters. The summed E-state index contributed by atoms with van der Waals surface area (Å²) in [6, 6.07) is 13.2. The van der Waals surface area contributed by atoms with Crippen LogP contribution in [0.25, 0.3) is 10.8 Å². The van der Waals surface area contributed by atoms with Crippen molar-refractivity contribution in [1.82, 2.24) is 5.32 Å². The molecule has 9 nitrogen and oxygen atoms in total. The van der Waals surface area contributed by atoms with Crippen LogP contribution in [0.1, 0.15) is 35.7 Å². The molecule has 0 fully saturated rings. The summed E-state index contributed by atoms with van der Waals surface area (Å²) in [7, 11) is 0. The number of hydrogen-bond donors (Lipinski definition) is 4. The van der Waals surface area contributed by atoms with Crippen molar-refractivity contribution in [1.29, 1.82) is 0 Å². The van der Waals surface area contributed by atoms with Gasteiger partial charge in [0.05, 0.1) is 11.6 Å². The summed E-state index contributed by atoms with van der Waals surface area (Å²) >= 11 is 0. The summed E-state index contributed by atoms with van der Waals surface area (Å²) in [4.78, 5) is 28.7. The first-order valence-corrected chi connectivity index (χ1v) is 12.1. The Morgan fingerprint density at radius 1 is 1.05 bits per heavy atom. The molecule has 1 amide bonds. The van der Waals surface area contributed by atoms with Crippen LogP contribution in [0.3, 0.4) is 0 Å². The van der Waals surface area contributed by atoms with E-state index < -0.39 is 29.8 Å². The van der Waals surface area contributed by atoms with Gasteiger partial charge in [-0.05, 0) is 73.7 Å². The highest BCUT2D eigenvalue weighted by Crippen LogP contribution is 2.33. The maximum absolute atomic E-state index is 12.8. The summed E-state index contributed by atoms with van der Waals surface area (Å²) in [6.07, 6.45) is -3.57. The van der Waals surface area contributed by atoms with E-state index in [9.17, 15) is 22.8 Å². The predicted molar refractivity (Wildman–Crippen MR) is 141 cm³/mol. The van der Waals surface area contributed by atoms with Crippen LogP contribution in [0, 0.1) is 0 Å². The zero-order valence-corrected chi connectivity index (χ0v) is 21.2. The van der Waals surface area contributed by atoms with E-state index in [0.29, 0.717) is 41.5 Å². The largest absolute Gasteiger partial charge is 0.462 e. The normalized spacial score (nSPS) is 12.8. The maximum atomic E-state index is 12.8. The number of nitrogens with zero attached hydrogens (tertiary/aromatic N) is 1. The Morgan fingerprint density at radius 2 is 1.77 bits per heavy atom. The molecule has 2 atom stereocenters. The van der Waals surface area contributed by atoms with E-state index in [4.69, 9.17) is 26.7 Å². The van der Waals surface area contributed by atoms with Crippen LogP contribution in [-0.4, -0.2) is 43.1 Å². The van der Waals surface area contributed by atoms with E-state index in [2.05, 4.69) is 10.3 Å². The second kappa shape index (κ2) is 13.0. The lowest BCUT2D eigenvalue weighted by Crippen LogP contribution is -2.39. The minimum absolute atomic E-state index is 0.0333. The molecule has 3 aromatic rings. The molecular weight excluding hydrogens is 515 g/mol. The third-order valence-electron chi connectivity index (χ3n) is 5.64. The molecule has 0 saturated carbocycles. The zero-order chi connectivity index (χ0) is 28.6. The lowest BCUT2D eigenvalue weighted by atomic mass is 10.1. The SMILES string of the molecule is C[C@H](COC(=O)[C@@H](N)CCCN=C(N)N)NC(=O)c1ccc2c(Oc3ccc(C(F)(F)F)cc3)cccc2c1. The highest BCUT2D eigenvalue weighted by atomic mass is 19.4. The molecule has 3 aromatic carbocycles. The van der Waals surface area contributed by atoms with Gasteiger partial charge in [-0.1, -0.05) is 12.1 Å². The molecule has 12 heteroatoms. The van der Waals surface area contributed by atoms with Crippen molar-refractivity contribution in [2.24, 2.45) is 22.2 Å². The Hall–Kier alpha value is -4.32. The number of carbonyl (C=O) groups excluding carboxylic acids is 2. The minimum Gasteiger partial charge on any atom is -0.462 e. The highest BCUT2D eigenvalue weighted by molar-refractivity contribution is 6.00. The molecule has 0 aliphatic rings. The molecule has 3 rings (SSSR count). The number of halogens is 3. The topological polar surface area (TPSA) is 155 Å². The molecule has 0 spiro atoms. The predicted octanol–water partition coefficient (Wildman–Crippen LogP) is 3.69. The highest BCUT2D eigenvalue weighted by Gasteiger charge is 2.30. The van der Waals surface area contributed by atoms with Gasteiger partial charge in [0, 0.05) is 17.5 Å². The number of carbonyl (C=O) groups is 2. The number of aliphatic imine (C=N–C) groups is 1. The van der Waals surface area contributed by atoms with Gasteiger partial charge in [0.25, 0.3) is 5.91 Å². The van der Waals surface area contributed by atoms with Crippen LogP contribution in [0.5, 0.6) is 11.5 Å². The van der Waals surface area contributed by atoms with Crippen molar-refractivity contribution < 1.29 is 32.2 Å². The van der Waals surface area contributed by atoms with Gasteiger partial charge in [-0.3, -0.25) is 14.6 Å². The number of benzene rings is 3. The zero-order valence-electron chi connectivity index (χ0n) is 21.2. The molecular formula is C27H30F3N5O4. The minimum atomic E-state index is -4.43. The van der Waals surface area contributed by atoms with Crippen molar-refractivity contribution in [3.8, 4) is 11.5 Å². The van der Waals surface area contributed by atoms with Crippen LogP contribution in [0.4, 0.5) is 13.2 Å². The maximum Gasteiger partial charge on any atom is 0.416 e. The fourth-order valence-corrected chi connectivity index (χ4v) is 3.62. The average Bonchev–Trinajstić information content (AvgIpc) is 2.89. The monoisotopic (exact) mass is 545 g/mol. The number of fused-ring (bicyclic) bond motifs is 1. The smallest absolute Gasteiger partial charge is 0.416 e. The van der Waals surface area contributed by atoms with E-state index in [-0.39, 0.29) is 24.2 Å². The van der Waals surface area contributed by atoms with E-state index in [0.717, 1.165) is 12.1 Å². The fraction of sp³-hybridized carbons (Fsp3) is 0.296. The molecule has 0 aromatic heterocycles. The van der Waals surface area contributed by atoms with Gasteiger partial charge in [0.2, 0.25) is 0 Å². The first kappa shape index (κ1) is 29.2. The number of nitrogens with two attached hydrogens (primary N) is 3. The van der Waals surface area contributed by atoms with Gasteiger partial charge in [-0.15, -0.1) is 0 Å². The van der Waals surface area contributed by atoms with Crippen LogP contribution < -0.4 is 27.3 Å². The molecule has 0 saturated heterocycles. The second-order valence-corrected chi connectivity index (χ2v) is 8.88. The first-order chi connectivity index (χ1) is 18.4.